The second kappa shape index (κ2) is 5.32. The molecule has 0 spiro atoms. The van der Waals surface area contributed by atoms with Crippen LogP contribution >= 0.6 is 11.6 Å². The highest BCUT2D eigenvalue weighted by molar-refractivity contribution is 6.30. The van der Waals surface area contributed by atoms with Gasteiger partial charge in [0.25, 0.3) is 0 Å². The lowest BCUT2D eigenvalue weighted by Gasteiger charge is -2.05. The summed E-state index contributed by atoms with van der Waals surface area (Å²) >= 11 is 5.59. The molecule has 1 aromatic rings. The molecule has 1 rings (SSSR count). The van der Waals surface area contributed by atoms with E-state index in [1.54, 1.807) is 0 Å². The first kappa shape index (κ1) is 12.3. The molecule has 0 aliphatic carbocycles. The number of carbonyl (C=O) groups excluding carboxylic acids is 1. The molecule has 0 unspecified atom stereocenters. The minimum atomic E-state index is -0.563. The van der Waals surface area contributed by atoms with Gasteiger partial charge in [-0.2, -0.15) is 0 Å². The third-order valence-electron chi connectivity index (χ3n) is 1.62. The molecule has 0 saturated heterocycles. The second-order valence-corrected chi connectivity index (χ2v) is 3.41. The Morgan fingerprint density at radius 2 is 2.25 bits per heavy atom. The van der Waals surface area contributed by atoms with Crippen LogP contribution in [-0.4, -0.2) is 17.0 Å². The summed E-state index contributed by atoms with van der Waals surface area (Å²) in [4.78, 5) is 11.3. The van der Waals surface area contributed by atoms with Crippen LogP contribution in [0.25, 0.3) is 0 Å². The largest absolute Gasteiger partial charge is 0.409 e. The van der Waals surface area contributed by atoms with E-state index in [9.17, 15) is 9.18 Å². The van der Waals surface area contributed by atoms with E-state index in [1.807, 2.05) is 0 Å². The first-order valence-corrected chi connectivity index (χ1v) is 4.61. The van der Waals surface area contributed by atoms with Crippen LogP contribution < -0.4 is 11.1 Å². The summed E-state index contributed by atoms with van der Waals surface area (Å²) in [5, 5.41) is 13.4. The lowest BCUT2D eigenvalue weighted by molar-refractivity contribution is -0.115. The van der Waals surface area contributed by atoms with Crippen molar-refractivity contribution in [3.05, 3.63) is 29.0 Å². The molecular weight excluding hydrogens is 237 g/mol. The van der Waals surface area contributed by atoms with Crippen LogP contribution in [0, 0.1) is 5.82 Å². The van der Waals surface area contributed by atoms with Crippen LogP contribution in [-0.2, 0) is 4.79 Å². The fourth-order valence-electron chi connectivity index (χ4n) is 1.03. The zero-order chi connectivity index (χ0) is 12.1. The fraction of sp³-hybridized carbons (Fsp3) is 0.111. The molecule has 16 heavy (non-hydrogen) atoms. The number of nitrogens with two attached hydrogens (primary N) is 1. The number of halogens is 2. The number of rotatable bonds is 3. The SMILES string of the molecule is N/C(CC(=O)Nc1cc(F)cc(Cl)c1)=N/O. The van der Waals surface area contributed by atoms with Crippen LogP contribution in [0.1, 0.15) is 6.42 Å². The highest BCUT2D eigenvalue weighted by atomic mass is 35.5. The van der Waals surface area contributed by atoms with Crippen molar-refractivity contribution >= 4 is 29.0 Å². The Balaban J connectivity index is 2.70. The van der Waals surface area contributed by atoms with E-state index in [1.165, 1.54) is 6.07 Å². The van der Waals surface area contributed by atoms with Crippen LogP contribution in [0.4, 0.5) is 10.1 Å². The lowest BCUT2D eigenvalue weighted by Crippen LogP contribution is -2.22. The van der Waals surface area contributed by atoms with Gasteiger partial charge in [-0.15, -0.1) is 0 Å². The molecule has 7 heteroatoms. The van der Waals surface area contributed by atoms with Gasteiger partial charge in [0, 0.05) is 10.7 Å². The fourth-order valence-corrected chi connectivity index (χ4v) is 1.25. The number of oxime groups is 1. The normalized spacial score (nSPS) is 11.2. The van der Waals surface area contributed by atoms with Gasteiger partial charge in [0.05, 0.1) is 6.42 Å². The molecule has 86 valence electrons. The maximum atomic E-state index is 12.9. The zero-order valence-electron chi connectivity index (χ0n) is 8.08. The summed E-state index contributed by atoms with van der Waals surface area (Å²) in [6.45, 7) is 0. The van der Waals surface area contributed by atoms with E-state index in [4.69, 9.17) is 22.5 Å². The summed E-state index contributed by atoms with van der Waals surface area (Å²) in [7, 11) is 0. The maximum absolute atomic E-state index is 12.9. The van der Waals surface area contributed by atoms with E-state index in [2.05, 4.69) is 10.5 Å². The van der Waals surface area contributed by atoms with Gasteiger partial charge in [-0.3, -0.25) is 4.79 Å². The zero-order valence-corrected chi connectivity index (χ0v) is 8.83. The van der Waals surface area contributed by atoms with Crippen LogP contribution in [0.15, 0.2) is 23.4 Å². The Bertz CT molecular complexity index is 417. The molecule has 1 aromatic carbocycles. The molecule has 1 amide bonds. The van der Waals surface area contributed by atoms with Crippen molar-refractivity contribution in [3.8, 4) is 0 Å². The van der Waals surface area contributed by atoms with Crippen molar-refractivity contribution in [1.29, 1.82) is 0 Å². The first-order valence-electron chi connectivity index (χ1n) is 4.23. The van der Waals surface area contributed by atoms with E-state index >= 15 is 0 Å². The quantitative estimate of drug-likeness (QED) is 0.327. The number of benzene rings is 1. The molecule has 0 aliphatic rings. The highest BCUT2D eigenvalue weighted by Crippen LogP contribution is 2.18. The molecule has 0 aliphatic heterocycles. The third-order valence-corrected chi connectivity index (χ3v) is 1.83. The van der Waals surface area contributed by atoms with Gasteiger partial charge in [0.2, 0.25) is 5.91 Å². The van der Waals surface area contributed by atoms with Crippen molar-refractivity contribution in [2.45, 2.75) is 6.42 Å². The monoisotopic (exact) mass is 245 g/mol. The molecule has 0 aromatic heterocycles. The summed E-state index contributed by atoms with van der Waals surface area (Å²) < 4.78 is 12.9. The Hall–Kier alpha value is -1.82. The number of hydrogen-bond donors (Lipinski definition) is 3. The van der Waals surface area contributed by atoms with E-state index in [0.717, 1.165) is 12.1 Å². The van der Waals surface area contributed by atoms with Crippen molar-refractivity contribution < 1.29 is 14.4 Å². The van der Waals surface area contributed by atoms with E-state index < -0.39 is 11.7 Å². The number of carbonyl (C=O) groups is 1. The predicted octanol–water partition coefficient (Wildman–Crippen LogP) is 1.55. The topological polar surface area (TPSA) is 87.7 Å². The minimum Gasteiger partial charge on any atom is -0.409 e. The predicted molar refractivity (Wildman–Crippen MR) is 58.1 cm³/mol. The van der Waals surface area contributed by atoms with Crippen molar-refractivity contribution in [3.63, 3.8) is 0 Å². The summed E-state index contributed by atoms with van der Waals surface area (Å²) in [5.41, 5.74) is 5.34. The molecule has 0 atom stereocenters. The van der Waals surface area contributed by atoms with Gasteiger partial charge in [-0.1, -0.05) is 16.8 Å². The smallest absolute Gasteiger partial charge is 0.232 e. The van der Waals surface area contributed by atoms with Crippen molar-refractivity contribution in [1.82, 2.24) is 0 Å². The number of amides is 1. The summed E-state index contributed by atoms with van der Waals surface area (Å²) in [6, 6.07) is 3.60. The molecular formula is C9H9ClFN3O2. The number of hydrogen-bond acceptors (Lipinski definition) is 3. The van der Waals surface area contributed by atoms with Gasteiger partial charge in [0.15, 0.2) is 0 Å². The van der Waals surface area contributed by atoms with Crippen molar-refractivity contribution in [2.75, 3.05) is 5.32 Å². The van der Waals surface area contributed by atoms with Gasteiger partial charge < -0.3 is 16.3 Å². The average molecular weight is 246 g/mol. The van der Waals surface area contributed by atoms with Gasteiger partial charge in [-0.05, 0) is 18.2 Å². The van der Waals surface area contributed by atoms with E-state index in [0.29, 0.717) is 0 Å². The summed E-state index contributed by atoms with van der Waals surface area (Å²) in [6.07, 6.45) is -0.287. The minimum absolute atomic E-state index is 0.166. The Morgan fingerprint density at radius 1 is 1.56 bits per heavy atom. The van der Waals surface area contributed by atoms with Crippen LogP contribution in [0.3, 0.4) is 0 Å². The Morgan fingerprint density at radius 3 is 2.81 bits per heavy atom. The number of nitrogens with one attached hydrogen (secondary N) is 1. The molecule has 0 heterocycles. The molecule has 4 N–H and O–H groups in total. The van der Waals surface area contributed by atoms with Crippen LogP contribution in [0.5, 0.6) is 0 Å². The molecule has 5 nitrogen and oxygen atoms in total. The molecule has 0 bridgehead atoms. The Kier molecular flexibility index (Phi) is 4.07. The lowest BCUT2D eigenvalue weighted by atomic mass is 10.3. The average Bonchev–Trinajstić information content (AvgIpc) is 2.15. The maximum Gasteiger partial charge on any atom is 0.232 e. The van der Waals surface area contributed by atoms with Gasteiger partial charge in [-0.25, -0.2) is 4.39 Å². The molecule has 0 radical (unpaired) electrons. The van der Waals surface area contributed by atoms with Gasteiger partial charge in [0.1, 0.15) is 11.7 Å². The highest BCUT2D eigenvalue weighted by Gasteiger charge is 2.07. The number of amidine groups is 1. The standard InChI is InChI=1S/C9H9ClFN3O2/c10-5-1-6(11)3-7(2-5)13-9(15)4-8(12)14-16/h1-3,16H,4H2,(H2,12,14)(H,13,15). The van der Waals surface area contributed by atoms with Crippen molar-refractivity contribution in [2.24, 2.45) is 10.9 Å². The summed E-state index contributed by atoms with van der Waals surface area (Å²) in [5.74, 6) is -1.33. The van der Waals surface area contributed by atoms with Crippen LogP contribution in [0.2, 0.25) is 5.02 Å². The van der Waals surface area contributed by atoms with E-state index in [-0.39, 0.29) is 23.0 Å². The number of anilines is 1. The molecule has 0 fully saturated rings. The Labute approximate surface area is 95.7 Å². The first-order chi connectivity index (χ1) is 7.51. The second-order valence-electron chi connectivity index (χ2n) is 2.97. The molecule has 0 saturated carbocycles. The third kappa shape index (κ3) is 3.74. The number of nitrogens with zero attached hydrogens (tertiary/aromatic N) is 1. The van der Waals surface area contributed by atoms with Gasteiger partial charge >= 0.3 is 0 Å².